The smallest absolute Gasteiger partial charge is 0.305 e. The van der Waals surface area contributed by atoms with E-state index in [4.69, 9.17) is 10.8 Å². The largest absolute Gasteiger partial charge is 0.481 e. The molecule has 19 heavy (non-hydrogen) atoms. The average molecular weight is 264 g/mol. The molecule has 0 spiro atoms. The molecule has 0 fully saturated rings. The summed E-state index contributed by atoms with van der Waals surface area (Å²) in [6.07, 6.45) is -0.0779. The third-order valence-electron chi connectivity index (χ3n) is 2.90. The van der Waals surface area contributed by atoms with Crippen LogP contribution in [0.2, 0.25) is 0 Å². The number of hydrogen-bond donors (Lipinski definition) is 2. The molecule has 3 N–H and O–H groups in total. The van der Waals surface area contributed by atoms with E-state index in [1.165, 1.54) is 4.90 Å². The van der Waals surface area contributed by atoms with Crippen molar-refractivity contribution >= 4 is 11.9 Å². The van der Waals surface area contributed by atoms with Crippen LogP contribution in [0.3, 0.4) is 0 Å². The summed E-state index contributed by atoms with van der Waals surface area (Å²) < 4.78 is 0. The fraction of sp³-hybridized carbons (Fsp3) is 0.429. The molecule has 0 saturated heterocycles. The molecule has 0 radical (unpaired) electrons. The zero-order chi connectivity index (χ0) is 14.4. The van der Waals surface area contributed by atoms with Gasteiger partial charge in [0.2, 0.25) is 5.91 Å². The highest BCUT2D eigenvalue weighted by molar-refractivity contribution is 5.83. The summed E-state index contributed by atoms with van der Waals surface area (Å²) >= 11 is 0. The molecule has 0 aromatic heterocycles. The number of hydrogen-bond acceptors (Lipinski definition) is 3. The molecule has 0 aliphatic rings. The van der Waals surface area contributed by atoms with Crippen LogP contribution in [0.25, 0.3) is 0 Å². The number of aliphatic carboxylic acids is 1. The van der Waals surface area contributed by atoms with Crippen LogP contribution in [0.4, 0.5) is 0 Å². The van der Waals surface area contributed by atoms with Crippen LogP contribution < -0.4 is 5.73 Å². The van der Waals surface area contributed by atoms with Gasteiger partial charge >= 0.3 is 5.97 Å². The Labute approximate surface area is 113 Å². The van der Waals surface area contributed by atoms with E-state index < -0.39 is 12.0 Å². The molecule has 0 heterocycles. The maximum atomic E-state index is 12.3. The minimum atomic E-state index is -0.924. The fourth-order valence-corrected chi connectivity index (χ4v) is 1.82. The Morgan fingerprint density at radius 3 is 2.32 bits per heavy atom. The first kappa shape index (κ1) is 15.2. The number of carbonyl (C=O) groups excluding carboxylic acids is 1. The van der Waals surface area contributed by atoms with Crippen molar-refractivity contribution in [2.45, 2.75) is 32.4 Å². The fourth-order valence-electron chi connectivity index (χ4n) is 1.82. The van der Waals surface area contributed by atoms with Gasteiger partial charge in [0.1, 0.15) is 6.04 Å². The number of benzene rings is 1. The van der Waals surface area contributed by atoms with Crippen LogP contribution in [0.15, 0.2) is 30.3 Å². The van der Waals surface area contributed by atoms with Crippen LogP contribution in [-0.4, -0.2) is 34.5 Å². The van der Waals surface area contributed by atoms with Gasteiger partial charge in [0.25, 0.3) is 0 Å². The highest BCUT2D eigenvalue weighted by Gasteiger charge is 2.24. The number of amides is 1. The maximum Gasteiger partial charge on any atom is 0.305 e. The lowest BCUT2D eigenvalue weighted by atomic mass is 10.1. The van der Waals surface area contributed by atoms with Crippen molar-refractivity contribution in [1.29, 1.82) is 0 Å². The predicted molar refractivity (Wildman–Crippen MR) is 72.5 cm³/mol. The van der Waals surface area contributed by atoms with E-state index in [1.807, 2.05) is 32.0 Å². The number of nitrogens with zero attached hydrogens (tertiary/aromatic N) is 1. The lowest BCUT2D eigenvalue weighted by Gasteiger charge is -2.29. The number of carbonyl (C=O) groups is 2. The first-order valence-electron chi connectivity index (χ1n) is 6.26. The maximum absolute atomic E-state index is 12.3. The summed E-state index contributed by atoms with van der Waals surface area (Å²) in [4.78, 5) is 24.4. The molecule has 1 rings (SSSR count). The number of carboxylic acids is 1. The normalized spacial score (nSPS) is 12.2. The lowest BCUT2D eigenvalue weighted by Crippen LogP contribution is -2.43. The van der Waals surface area contributed by atoms with Crippen molar-refractivity contribution in [3.63, 3.8) is 0 Å². The van der Waals surface area contributed by atoms with Gasteiger partial charge in [-0.25, -0.2) is 0 Å². The summed E-state index contributed by atoms with van der Waals surface area (Å²) in [5, 5.41) is 8.71. The van der Waals surface area contributed by atoms with E-state index in [0.717, 1.165) is 5.56 Å². The van der Waals surface area contributed by atoms with E-state index in [0.29, 0.717) is 0 Å². The second kappa shape index (κ2) is 6.89. The number of nitrogens with two attached hydrogens (primary N) is 1. The second-order valence-corrected chi connectivity index (χ2v) is 4.66. The Balaban J connectivity index is 2.79. The Bertz CT molecular complexity index is 432. The van der Waals surface area contributed by atoms with Gasteiger partial charge in [-0.1, -0.05) is 30.3 Å². The molecular formula is C14H20N2O3. The minimum absolute atomic E-state index is 0.0779. The summed E-state index contributed by atoms with van der Waals surface area (Å²) in [5.41, 5.74) is 6.68. The number of rotatable bonds is 6. The third-order valence-corrected chi connectivity index (χ3v) is 2.90. The highest BCUT2D eigenvalue weighted by atomic mass is 16.4. The molecule has 1 amide bonds. The van der Waals surface area contributed by atoms with Crippen molar-refractivity contribution in [2.24, 2.45) is 5.73 Å². The van der Waals surface area contributed by atoms with Gasteiger partial charge in [-0.2, -0.15) is 0 Å². The summed E-state index contributed by atoms with van der Waals surface area (Å²) in [5.74, 6) is -1.17. The van der Waals surface area contributed by atoms with E-state index in [2.05, 4.69) is 0 Å². The first-order valence-corrected chi connectivity index (χ1v) is 6.26. The van der Waals surface area contributed by atoms with Crippen molar-refractivity contribution < 1.29 is 14.7 Å². The molecule has 0 saturated carbocycles. The van der Waals surface area contributed by atoms with Crippen LogP contribution in [0, 0.1) is 0 Å². The third kappa shape index (κ3) is 4.37. The van der Waals surface area contributed by atoms with Crippen molar-refractivity contribution in [2.75, 3.05) is 6.54 Å². The van der Waals surface area contributed by atoms with Gasteiger partial charge in [-0.15, -0.1) is 0 Å². The molecular weight excluding hydrogens is 244 g/mol. The molecule has 5 nitrogen and oxygen atoms in total. The molecule has 0 aliphatic heterocycles. The van der Waals surface area contributed by atoms with Gasteiger partial charge in [-0.3, -0.25) is 9.59 Å². The highest BCUT2D eigenvalue weighted by Crippen LogP contribution is 2.15. The molecule has 104 valence electrons. The molecule has 0 bridgehead atoms. The lowest BCUT2D eigenvalue weighted by molar-refractivity contribution is -0.139. The van der Waals surface area contributed by atoms with Gasteiger partial charge in [0, 0.05) is 12.6 Å². The summed E-state index contributed by atoms with van der Waals surface area (Å²) in [6, 6.07) is 8.24. The summed E-state index contributed by atoms with van der Waals surface area (Å²) in [7, 11) is 0. The van der Waals surface area contributed by atoms with Crippen LogP contribution >= 0.6 is 0 Å². The SMILES string of the molecule is CC(C)N(CCC(=O)O)C(=O)[C@H](N)c1ccccc1. The molecule has 0 unspecified atom stereocenters. The second-order valence-electron chi connectivity index (χ2n) is 4.66. The van der Waals surface area contributed by atoms with Crippen LogP contribution in [-0.2, 0) is 9.59 Å². The zero-order valence-electron chi connectivity index (χ0n) is 11.2. The van der Waals surface area contributed by atoms with Gasteiger partial charge in [0.05, 0.1) is 6.42 Å². The van der Waals surface area contributed by atoms with E-state index in [9.17, 15) is 9.59 Å². The Kier molecular flexibility index (Phi) is 5.51. The first-order chi connectivity index (χ1) is 8.93. The predicted octanol–water partition coefficient (Wildman–Crippen LogP) is 1.40. The van der Waals surface area contributed by atoms with Crippen LogP contribution in [0.5, 0.6) is 0 Å². The molecule has 1 aromatic carbocycles. The van der Waals surface area contributed by atoms with Gasteiger partial charge in [0.15, 0.2) is 0 Å². The van der Waals surface area contributed by atoms with Crippen molar-refractivity contribution in [3.05, 3.63) is 35.9 Å². The Morgan fingerprint density at radius 2 is 1.84 bits per heavy atom. The Morgan fingerprint density at radius 1 is 1.26 bits per heavy atom. The minimum Gasteiger partial charge on any atom is -0.481 e. The quantitative estimate of drug-likeness (QED) is 0.813. The zero-order valence-corrected chi connectivity index (χ0v) is 11.2. The van der Waals surface area contributed by atoms with Gasteiger partial charge in [-0.05, 0) is 19.4 Å². The van der Waals surface area contributed by atoms with Crippen LogP contribution in [0.1, 0.15) is 31.9 Å². The monoisotopic (exact) mass is 264 g/mol. The van der Waals surface area contributed by atoms with Crippen molar-refractivity contribution in [1.82, 2.24) is 4.90 Å². The molecule has 1 aromatic rings. The number of carboxylic acid groups (broad SMARTS) is 1. The van der Waals surface area contributed by atoms with E-state index in [-0.39, 0.29) is 24.9 Å². The van der Waals surface area contributed by atoms with E-state index in [1.54, 1.807) is 12.1 Å². The summed E-state index contributed by atoms with van der Waals surface area (Å²) in [6.45, 7) is 3.86. The van der Waals surface area contributed by atoms with Crippen molar-refractivity contribution in [3.8, 4) is 0 Å². The van der Waals surface area contributed by atoms with E-state index >= 15 is 0 Å². The molecule has 1 atom stereocenters. The topological polar surface area (TPSA) is 83.6 Å². The standard InChI is InChI=1S/C14H20N2O3/c1-10(2)16(9-8-12(17)18)14(19)13(15)11-6-4-3-5-7-11/h3-7,10,13H,8-9,15H2,1-2H3,(H,17,18)/t13-/m1/s1. The average Bonchev–Trinajstić information content (AvgIpc) is 2.38. The Hall–Kier alpha value is -1.88. The molecule has 0 aliphatic carbocycles. The van der Waals surface area contributed by atoms with Gasteiger partial charge < -0.3 is 15.7 Å². The molecule has 5 heteroatoms.